The van der Waals surface area contributed by atoms with Gasteiger partial charge in [-0.3, -0.25) is 0 Å². The standard InChI is InChI=1S/C19H23FN2O3/c1-18(24,16-4-2-11-25-16)12-21-17(23)22-13-19(9-3-10-19)14-5-7-15(20)8-6-14/h2,4-8,11,24H,3,9-10,12-13H2,1H3,(H2,21,22,23). The Kier molecular flexibility index (Phi) is 4.81. The average molecular weight is 346 g/mol. The van der Waals surface area contributed by atoms with E-state index < -0.39 is 5.60 Å². The van der Waals surface area contributed by atoms with Crippen LogP contribution in [-0.2, 0) is 11.0 Å². The van der Waals surface area contributed by atoms with E-state index in [1.54, 1.807) is 31.2 Å². The molecule has 0 aliphatic heterocycles. The zero-order valence-electron chi connectivity index (χ0n) is 14.2. The van der Waals surface area contributed by atoms with Gasteiger partial charge in [0.2, 0.25) is 0 Å². The highest BCUT2D eigenvalue weighted by Crippen LogP contribution is 2.43. The Morgan fingerprint density at radius 1 is 1.28 bits per heavy atom. The second kappa shape index (κ2) is 6.88. The summed E-state index contributed by atoms with van der Waals surface area (Å²) in [6.07, 6.45) is 4.49. The van der Waals surface area contributed by atoms with Crippen LogP contribution in [0.5, 0.6) is 0 Å². The first-order valence-corrected chi connectivity index (χ1v) is 8.45. The molecule has 6 heteroatoms. The van der Waals surface area contributed by atoms with Gasteiger partial charge in [-0.1, -0.05) is 18.6 Å². The van der Waals surface area contributed by atoms with E-state index in [1.165, 1.54) is 18.4 Å². The first kappa shape index (κ1) is 17.5. The molecule has 1 heterocycles. The molecule has 2 amide bonds. The van der Waals surface area contributed by atoms with Crippen molar-refractivity contribution < 1.29 is 18.7 Å². The second-order valence-corrected chi connectivity index (χ2v) is 6.93. The normalized spacial score (nSPS) is 18.0. The first-order chi connectivity index (χ1) is 11.9. The second-order valence-electron chi connectivity index (χ2n) is 6.93. The minimum absolute atomic E-state index is 0.0376. The Bertz CT molecular complexity index is 707. The topological polar surface area (TPSA) is 74.5 Å². The molecule has 3 rings (SSSR count). The SMILES string of the molecule is CC(O)(CNC(=O)NCC1(c2ccc(F)cc2)CCC1)c1ccco1. The number of carbonyl (C=O) groups excluding carboxylic acids is 1. The van der Waals surface area contributed by atoms with Crippen molar-refractivity contribution in [2.75, 3.05) is 13.1 Å². The molecular weight excluding hydrogens is 323 g/mol. The molecule has 0 spiro atoms. The Balaban J connectivity index is 1.54. The predicted molar refractivity (Wildman–Crippen MR) is 91.6 cm³/mol. The molecule has 0 bridgehead atoms. The van der Waals surface area contributed by atoms with Gasteiger partial charge in [-0.2, -0.15) is 0 Å². The fraction of sp³-hybridized carbons (Fsp3) is 0.421. The van der Waals surface area contributed by atoms with Gasteiger partial charge in [0.25, 0.3) is 0 Å². The van der Waals surface area contributed by atoms with Crippen molar-refractivity contribution in [2.24, 2.45) is 0 Å². The number of aliphatic hydroxyl groups is 1. The molecule has 3 N–H and O–H groups in total. The minimum atomic E-state index is -1.27. The average Bonchev–Trinajstić information content (AvgIpc) is 3.09. The van der Waals surface area contributed by atoms with Crippen molar-refractivity contribution in [1.29, 1.82) is 0 Å². The van der Waals surface area contributed by atoms with Crippen molar-refractivity contribution in [3.05, 3.63) is 59.8 Å². The number of urea groups is 1. The molecule has 5 nitrogen and oxygen atoms in total. The number of amides is 2. The number of furan rings is 1. The zero-order chi connectivity index (χ0) is 17.9. The molecule has 2 aromatic rings. The maximum atomic E-state index is 13.1. The van der Waals surface area contributed by atoms with Crippen LogP contribution in [0.15, 0.2) is 47.1 Å². The number of rotatable bonds is 6. The van der Waals surface area contributed by atoms with E-state index in [0.29, 0.717) is 12.3 Å². The third-order valence-corrected chi connectivity index (χ3v) is 5.00. The lowest BCUT2D eigenvalue weighted by atomic mass is 9.64. The Hall–Kier alpha value is -2.34. The van der Waals surface area contributed by atoms with Gasteiger partial charge in [0.1, 0.15) is 17.2 Å². The van der Waals surface area contributed by atoms with E-state index >= 15 is 0 Å². The summed E-state index contributed by atoms with van der Waals surface area (Å²) in [6.45, 7) is 2.10. The smallest absolute Gasteiger partial charge is 0.314 e. The fourth-order valence-electron chi connectivity index (χ4n) is 3.21. The molecule has 1 aromatic carbocycles. The molecule has 1 aliphatic carbocycles. The number of hydrogen-bond acceptors (Lipinski definition) is 3. The van der Waals surface area contributed by atoms with Crippen LogP contribution in [0.25, 0.3) is 0 Å². The van der Waals surface area contributed by atoms with E-state index in [2.05, 4.69) is 10.6 Å². The quantitative estimate of drug-likeness (QED) is 0.753. The molecule has 134 valence electrons. The largest absolute Gasteiger partial charge is 0.466 e. The first-order valence-electron chi connectivity index (χ1n) is 8.45. The van der Waals surface area contributed by atoms with Crippen LogP contribution in [0.4, 0.5) is 9.18 Å². The minimum Gasteiger partial charge on any atom is -0.466 e. The van der Waals surface area contributed by atoms with E-state index in [4.69, 9.17) is 4.42 Å². The Morgan fingerprint density at radius 3 is 2.56 bits per heavy atom. The van der Waals surface area contributed by atoms with Crippen molar-refractivity contribution in [1.82, 2.24) is 10.6 Å². The molecule has 1 atom stereocenters. The number of benzene rings is 1. The Labute approximate surface area is 146 Å². The van der Waals surface area contributed by atoms with Crippen LogP contribution >= 0.6 is 0 Å². The highest BCUT2D eigenvalue weighted by atomic mass is 19.1. The maximum Gasteiger partial charge on any atom is 0.314 e. The van der Waals surface area contributed by atoms with E-state index in [-0.39, 0.29) is 23.8 Å². The van der Waals surface area contributed by atoms with Gasteiger partial charge in [-0.05, 0) is 49.6 Å². The van der Waals surface area contributed by atoms with Crippen LogP contribution in [0.1, 0.15) is 37.5 Å². The summed E-state index contributed by atoms with van der Waals surface area (Å²) in [5.41, 5.74) is -0.358. The lowest BCUT2D eigenvalue weighted by molar-refractivity contribution is 0.0366. The molecule has 1 aliphatic rings. The maximum absolute atomic E-state index is 13.1. The summed E-state index contributed by atoms with van der Waals surface area (Å²) in [5.74, 6) is 0.138. The van der Waals surface area contributed by atoms with Crippen LogP contribution in [0, 0.1) is 5.82 Å². The van der Waals surface area contributed by atoms with Crippen molar-refractivity contribution in [2.45, 2.75) is 37.2 Å². The van der Waals surface area contributed by atoms with Crippen molar-refractivity contribution in [3.63, 3.8) is 0 Å². The number of halogens is 1. The number of nitrogens with one attached hydrogen (secondary N) is 2. The van der Waals surface area contributed by atoms with Crippen molar-refractivity contribution >= 4 is 6.03 Å². The number of carbonyl (C=O) groups is 1. The van der Waals surface area contributed by atoms with Crippen molar-refractivity contribution in [3.8, 4) is 0 Å². The van der Waals surface area contributed by atoms with Gasteiger partial charge in [-0.25, -0.2) is 9.18 Å². The summed E-state index contributed by atoms with van der Waals surface area (Å²) in [7, 11) is 0. The van der Waals surface area contributed by atoms with Gasteiger partial charge in [0.05, 0.1) is 12.8 Å². The van der Waals surface area contributed by atoms with Crippen LogP contribution < -0.4 is 10.6 Å². The summed E-state index contributed by atoms with van der Waals surface area (Å²) >= 11 is 0. The van der Waals surface area contributed by atoms with Crippen LogP contribution in [0.3, 0.4) is 0 Å². The third-order valence-electron chi connectivity index (χ3n) is 5.00. The molecule has 0 radical (unpaired) electrons. The lowest BCUT2D eigenvalue weighted by Crippen LogP contribution is -2.50. The lowest BCUT2D eigenvalue weighted by Gasteiger charge is -2.42. The highest BCUT2D eigenvalue weighted by molar-refractivity contribution is 5.74. The van der Waals surface area contributed by atoms with Gasteiger partial charge >= 0.3 is 6.03 Å². The van der Waals surface area contributed by atoms with Gasteiger partial charge in [0, 0.05) is 12.0 Å². The van der Waals surface area contributed by atoms with Crippen LogP contribution in [-0.4, -0.2) is 24.2 Å². The zero-order valence-corrected chi connectivity index (χ0v) is 14.2. The number of hydrogen-bond donors (Lipinski definition) is 3. The molecule has 1 saturated carbocycles. The molecular formula is C19H23FN2O3. The summed E-state index contributed by atoms with van der Waals surface area (Å²) in [4.78, 5) is 12.1. The molecule has 25 heavy (non-hydrogen) atoms. The van der Waals surface area contributed by atoms with E-state index in [9.17, 15) is 14.3 Å². The van der Waals surface area contributed by atoms with Gasteiger partial charge in [-0.15, -0.1) is 0 Å². The monoisotopic (exact) mass is 346 g/mol. The van der Waals surface area contributed by atoms with Gasteiger partial charge < -0.3 is 20.2 Å². The molecule has 1 fully saturated rings. The van der Waals surface area contributed by atoms with E-state index in [1.807, 2.05) is 0 Å². The molecule has 1 aromatic heterocycles. The van der Waals surface area contributed by atoms with E-state index in [0.717, 1.165) is 24.8 Å². The summed E-state index contributed by atoms with van der Waals surface area (Å²) in [5, 5.41) is 15.9. The fourth-order valence-corrected chi connectivity index (χ4v) is 3.21. The summed E-state index contributed by atoms with van der Waals surface area (Å²) < 4.78 is 18.3. The predicted octanol–water partition coefficient (Wildman–Crippen LogP) is 3.05. The third kappa shape index (κ3) is 3.85. The summed E-state index contributed by atoms with van der Waals surface area (Å²) in [6, 6.07) is 9.49. The van der Waals surface area contributed by atoms with Crippen LogP contribution in [0.2, 0.25) is 0 Å². The Morgan fingerprint density at radius 2 is 2.00 bits per heavy atom. The van der Waals surface area contributed by atoms with Gasteiger partial charge in [0.15, 0.2) is 0 Å². The molecule has 1 unspecified atom stereocenters. The molecule has 0 saturated heterocycles. The highest BCUT2D eigenvalue weighted by Gasteiger charge is 2.39.